The van der Waals surface area contributed by atoms with Gasteiger partial charge in [-0.2, -0.15) is 0 Å². The Morgan fingerprint density at radius 1 is 0.760 bits per heavy atom. The minimum Gasteiger partial charge on any atom is -0.443 e. The molecule has 0 atom stereocenters. The fourth-order valence-electron chi connectivity index (χ4n) is 2.17. The van der Waals surface area contributed by atoms with Crippen molar-refractivity contribution in [1.82, 2.24) is 15.0 Å². The maximum absolute atomic E-state index is 6.31. The smallest absolute Gasteiger partial charge is 0.246 e. The lowest BCUT2D eigenvalue weighted by molar-refractivity contribution is 0.542. The summed E-state index contributed by atoms with van der Waals surface area (Å²) in [5, 5.41) is 0.466. The van der Waals surface area contributed by atoms with Crippen LogP contribution in [0.15, 0.2) is 33.5 Å². The van der Waals surface area contributed by atoms with E-state index in [2.05, 4.69) is 56.5 Å². The maximum atomic E-state index is 6.31. The van der Waals surface area contributed by atoms with Crippen LogP contribution in [0.4, 0.5) is 0 Å². The lowest BCUT2D eigenvalue weighted by Gasteiger charge is -2.13. The Hall–Kier alpha value is -2.14. The Bertz CT molecular complexity index is 898. The van der Waals surface area contributed by atoms with E-state index in [0.717, 1.165) is 11.4 Å². The number of hydrogen-bond donors (Lipinski definition) is 0. The molecule has 3 rings (SSSR count). The van der Waals surface area contributed by atoms with E-state index in [-0.39, 0.29) is 10.8 Å². The van der Waals surface area contributed by atoms with Crippen molar-refractivity contribution in [3.05, 3.63) is 41.1 Å². The Labute approximate surface area is 152 Å². The summed E-state index contributed by atoms with van der Waals surface area (Å²) in [4.78, 5) is 13.6. The van der Waals surface area contributed by atoms with Crippen molar-refractivity contribution < 1.29 is 8.83 Å². The Morgan fingerprint density at radius 3 is 1.80 bits per heavy atom. The van der Waals surface area contributed by atoms with Crippen LogP contribution >= 0.6 is 11.6 Å². The van der Waals surface area contributed by atoms with Gasteiger partial charge in [0, 0.05) is 10.8 Å². The predicted molar refractivity (Wildman–Crippen MR) is 97.6 cm³/mol. The summed E-state index contributed by atoms with van der Waals surface area (Å²) >= 11 is 6.31. The normalized spacial score (nSPS) is 12.6. The lowest BCUT2D eigenvalue weighted by Crippen LogP contribution is -2.11. The quantitative estimate of drug-likeness (QED) is 0.592. The molecule has 0 N–H and O–H groups in total. The summed E-state index contributed by atoms with van der Waals surface area (Å²) in [6.07, 6.45) is 3.30. The number of oxazole rings is 2. The zero-order valence-electron chi connectivity index (χ0n) is 15.3. The van der Waals surface area contributed by atoms with E-state index in [0.29, 0.717) is 28.2 Å². The topological polar surface area (TPSA) is 65.0 Å². The van der Waals surface area contributed by atoms with Crippen LogP contribution in [0.25, 0.3) is 23.2 Å². The van der Waals surface area contributed by atoms with E-state index in [1.165, 1.54) is 0 Å². The summed E-state index contributed by atoms with van der Waals surface area (Å²) in [6, 6.07) is 3.53. The third kappa shape index (κ3) is 3.61. The van der Waals surface area contributed by atoms with Crippen LogP contribution < -0.4 is 0 Å². The van der Waals surface area contributed by atoms with Gasteiger partial charge in [-0.05, 0) is 12.1 Å². The van der Waals surface area contributed by atoms with Crippen LogP contribution in [-0.2, 0) is 10.8 Å². The molecule has 0 radical (unpaired) electrons. The summed E-state index contributed by atoms with van der Waals surface area (Å²) in [5.74, 6) is 0.838. The molecule has 3 aromatic rings. The van der Waals surface area contributed by atoms with E-state index in [4.69, 9.17) is 20.4 Å². The second-order valence-corrected chi connectivity index (χ2v) is 8.51. The largest absolute Gasteiger partial charge is 0.443 e. The van der Waals surface area contributed by atoms with Gasteiger partial charge in [0.15, 0.2) is 0 Å². The molecule has 0 spiro atoms. The number of nitrogens with zero attached hydrogens (tertiary/aromatic N) is 3. The standard InChI is InChI=1S/C19H22ClN3O2/c1-18(2,3)13-9-24-16(22-13)12-8-7-11(20)15(21-12)17-23-14(10-25-17)19(4,5)6/h7-10H,1-6H3. The van der Waals surface area contributed by atoms with Crippen molar-refractivity contribution in [2.75, 3.05) is 0 Å². The van der Waals surface area contributed by atoms with E-state index in [1.54, 1.807) is 24.7 Å². The first kappa shape index (κ1) is 17.7. The molecular formula is C19H22ClN3O2. The van der Waals surface area contributed by atoms with E-state index in [1.807, 2.05) is 0 Å². The van der Waals surface area contributed by atoms with Gasteiger partial charge in [0.05, 0.1) is 16.4 Å². The molecule has 0 saturated carbocycles. The number of hydrogen-bond acceptors (Lipinski definition) is 5. The first-order valence-corrected chi connectivity index (χ1v) is 8.53. The highest BCUT2D eigenvalue weighted by molar-refractivity contribution is 6.32. The summed E-state index contributed by atoms with van der Waals surface area (Å²) in [7, 11) is 0. The molecule has 6 heteroatoms. The Kier molecular flexibility index (Phi) is 4.23. The molecule has 132 valence electrons. The molecule has 5 nitrogen and oxygen atoms in total. The number of halogens is 1. The van der Waals surface area contributed by atoms with Crippen molar-refractivity contribution in [2.45, 2.75) is 52.4 Å². The zero-order chi connectivity index (χ0) is 18.4. The zero-order valence-corrected chi connectivity index (χ0v) is 16.1. The third-order valence-electron chi connectivity index (χ3n) is 3.81. The summed E-state index contributed by atoms with van der Waals surface area (Å²) < 4.78 is 11.2. The van der Waals surface area contributed by atoms with Crippen molar-refractivity contribution in [2.24, 2.45) is 0 Å². The fourth-order valence-corrected chi connectivity index (χ4v) is 2.36. The molecule has 25 heavy (non-hydrogen) atoms. The van der Waals surface area contributed by atoms with Crippen LogP contribution in [0.5, 0.6) is 0 Å². The van der Waals surface area contributed by atoms with Gasteiger partial charge in [-0.1, -0.05) is 53.1 Å². The number of rotatable bonds is 2. The second kappa shape index (κ2) is 5.99. The lowest BCUT2D eigenvalue weighted by atomic mass is 9.93. The highest BCUT2D eigenvalue weighted by Gasteiger charge is 2.23. The van der Waals surface area contributed by atoms with Gasteiger partial charge >= 0.3 is 0 Å². The van der Waals surface area contributed by atoms with Gasteiger partial charge in [0.2, 0.25) is 11.8 Å². The van der Waals surface area contributed by atoms with Gasteiger partial charge < -0.3 is 8.83 Å². The van der Waals surface area contributed by atoms with E-state index >= 15 is 0 Å². The first-order chi connectivity index (χ1) is 11.6. The molecule has 0 saturated heterocycles. The maximum Gasteiger partial charge on any atom is 0.246 e. The molecule has 3 aromatic heterocycles. The van der Waals surface area contributed by atoms with Crippen LogP contribution in [0.3, 0.4) is 0 Å². The minimum absolute atomic E-state index is 0.0960. The fraction of sp³-hybridized carbons (Fsp3) is 0.421. The SMILES string of the molecule is CC(C)(C)c1coc(-c2ccc(Cl)c(-c3nc(C(C)(C)C)co3)n2)n1. The molecule has 0 unspecified atom stereocenters. The highest BCUT2D eigenvalue weighted by Crippen LogP contribution is 2.32. The minimum atomic E-state index is -0.115. The number of pyridine rings is 1. The van der Waals surface area contributed by atoms with Crippen LogP contribution in [0.2, 0.25) is 5.02 Å². The summed E-state index contributed by atoms with van der Waals surface area (Å²) in [6.45, 7) is 12.4. The van der Waals surface area contributed by atoms with Crippen molar-refractivity contribution in [3.63, 3.8) is 0 Å². The molecule has 0 aliphatic rings. The van der Waals surface area contributed by atoms with Crippen LogP contribution in [0.1, 0.15) is 52.9 Å². The molecule has 0 aliphatic heterocycles. The molecule has 0 amide bonds. The molecular weight excluding hydrogens is 338 g/mol. The van der Waals surface area contributed by atoms with Gasteiger partial charge in [0.25, 0.3) is 0 Å². The first-order valence-electron chi connectivity index (χ1n) is 8.15. The Balaban J connectivity index is 2.01. The average Bonchev–Trinajstić information content (AvgIpc) is 3.16. The van der Waals surface area contributed by atoms with Crippen molar-refractivity contribution in [1.29, 1.82) is 0 Å². The number of aromatic nitrogens is 3. The van der Waals surface area contributed by atoms with Gasteiger partial charge in [0.1, 0.15) is 23.9 Å². The van der Waals surface area contributed by atoms with Gasteiger partial charge in [-0.25, -0.2) is 15.0 Å². The van der Waals surface area contributed by atoms with Crippen molar-refractivity contribution in [3.8, 4) is 23.2 Å². The summed E-state index contributed by atoms with van der Waals surface area (Å²) in [5.41, 5.74) is 2.57. The van der Waals surface area contributed by atoms with Gasteiger partial charge in [-0.15, -0.1) is 0 Å². The molecule has 0 fully saturated rings. The molecule has 3 heterocycles. The van der Waals surface area contributed by atoms with E-state index in [9.17, 15) is 0 Å². The average molecular weight is 360 g/mol. The highest BCUT2D eigenvalue weighted by atomic mass is 35.5. The van der Waals surface area contributed by atoms with E-state index < -0.39 is 0 Å². The Morgan fingerprint density at radius 2 is 1.28 bits per heavy atom. The van der Waals surface area contributed by atoms with Crippen molar-refractivity contribution >= 4 is 11.6 Å². The molecule has 0 bridgehead atoms. The van der Waals surface area contributed by atoms with Crippen LogP contribution in [0, 0.1) is 0 Å². The second-order valence-electron chi connectivity index (χ2n) is 8.10. The third-order valence-corrected chi connectivity index (χ3v) is 4.12. The monoisotopic (exact) mass is 359 g/mol. The van der Waals surface area contributed by atoms with Gasteiger partial charge in [-0.3, -0.25) is 0 Å². The predicted octanol–water partition coefficient (Wildman–Crippen LogP) is 5.64. The molecule has 0 aliphatic carbocycles. The molecule has 0 aromatic carbocycles. The van der Waals surface area contributed by atoms with Crippen LogP contribution in [-0.4, -0.2) is 15.0 Å².